The summed E-state index contributed by atoms with van der Waals surface area (Å²) in [4.78, 5) is 25.4. The third-order valence-corrected chi connectivity index (χ3v) is 5.46. The number of hydrogen-bond donors (Lipinski definition) is 1. The number of benzene rings is 1. The van der Waals surface area contributed by atoms with Gasteiger partial charge in [0.25, 0.3) is 0 Å². The second-order valence-electron chi connectivity index (χ2n) is 5.55. The van der Waals surface area contributed by atoms with Crippen LogP contribution >= 0.6 is 23.4 Å². The van der Waals surface area contributed by atoms with Crippen LogP contribution < -0.4 is 0 Å². The second-order valence-corrected chi connectivity index (χ2v) is 7.07. The van der Waals surface area contributed by atoms with Crippen molar-refractivity contribution in [3.05, 3.63) is 46.2 Å². The van der Waals surface area contributed by atoms with Crippen LogP contribution in [0.4, 0.5) is 0 Å². The molecule has 0 unspecified atom stereocenters. The molecule has 3 rings (SSSR count). The van der Waals surface area contributed by atoms with Gasteiger partial charge in [-0.3, -0.25) is 9.59 Å². The molecule has 0 saturated heterocycles. The van der Waals surface area contributed by atoms with Gasteiger partial charge in [0, 0.05) is 32.6 Å². The van der Waals surface area contributed by atoms with Crippen LogP contribution in [0.1, 0.15) is 34.6 Å². The maximum Gasteiger partial charge on any atom is 0.323 e. The highest BCUT2D eigenvalue weighted by atomic mass is 35.5. The zero-order valence-electron chi connectivity index (χ0n) is 12.6. The lowest BCUT2D eigenvalue weighted by Crippen LogP contribution is -2.17. The summed E-state index contributed by atoms with van der Waals surface area (Å²) >= 11 is 7.41. The standard InChI is InChI=1S/C17H16ClNO3S/c1-10-17(23-12-7-5-11(18)6-8-12)16-13(3-2-4-14(16)20)19(10)9-15(21)22/h5-8H,2-4,9H2,1H3,(H,21,22). The number of aromatic nitrogens is 1. The minimum absolute atomic E-state index is 0.106. The molecular weight excluding hydrogens is 334 g/mol. The molecule has 120 valence electrons. The Balaban J connectivity index is 2.08. The van der Waals surface area contributed by atoms with Crippen LogP contribution in [0, 0.1) is 6.92 Å². The van der Waals surface area contributed by atoms with E-state index in [0.29, 0.717) is 17.0 Å². The van der Waals surface area contributed by atoms with Gasteiger partial charge in [-0.05, 0) is 44.0 Å². The van der Waals surface area contributed by atoms with Gasteiger partial charge in [-0.15, -0.1) is 0 Å². The number of hydrogen-bond acceptors (Lipinski definition) is 3. The van der Waals surface area contributed by atoms with Crippen molar-refractivity contribution < 1.29 is 14.7 Å². The Bertz CT molecular complexity index is 780. The number of halogens is 1. The van der Waals surface area contributed by atoms with Gasteiger partial charge < -0.3 is 9.67 Å². The topological polar surface area (TPSA) is 59.3 Å². The van der Waals surface area contributed by atoms with Gasteiger partial charge in [-0.2, -0.15) is 0 Å². The van der Waals surface area contributed by atoms with Crippen LogP contribution in [0.5, 0.6) is 0 Å². The molecule has 0 amide bonds. The first-order chi connectivity index (χ1) is 11.0. The van der Waals surface area contributed by atoms with Gasteiger partial charge in [0.2, 0.25) is 0 Å². The lowest BCUT2D eigenvalue weighted by Gasteiger charge is -2.14. The minimum atomic E-state index is -0.896. The molecular formula is C17H16ClNO3S. The molecule has 0 fully saturated rings. The third kappa shape index (κ3) is 3.16. The monoisotopic (exact) mass is 349 g/mol. The lowest BCUT2D eigenvalue weighted by molar-refractivity contribution is -0.137. The number of rotatable bonds is 4. The summed E-state index contributed by atoms with van der Waals surface area (Å²) in [5.74, 6) is -0.790. The van der Waals surface area contributed by atoms with E-state index in [1.807, 2.05) is 31.2 Å². The van der Waals surface area contributed by atoms with Gasteiger partial charge in [0.1, 0.15) is 6.54 Å². The van der Waals surface area contributed by atoms with Crippen molar-refractivity contribution in [2.75, 3.05) is 0 Å². The molecule has 0 saturated carbocycles. The van der Waals surface area contributed by atoms with Crippen LogP contribution in [0.15, 0.2) is 34.1 Å². The summed E-state index contributed by atoms with van der Waals surface area (Å²) in [6, 6.07) is 7.42. The molecule has 0 radical (unpaired) electrons. The van der Waals surface area contributed by atoms with E-state index in [1.165, 1.54) is 11.8 Å². The number of aliphatic carboxylic acids is 1. The number of ketones is 1. The average Bonchev–Trinajstić information content (AvgIpc) is 2.76. The fraction of sp³-hybridized carbons (Fsp3) is 0.294. The first kappa shape index (κ1) is 16.1. The number of carboxylic acids is 1. The summed E-state index contributed by atoms with van der Waals surface area (Å²) in [7, 11) is 0. The number of carboxylic acid groups (broad SMARTS) is 1. The molecule has 0 atom stereocenters. The Morgan fingerprint density at radius 1 is 1.30 bits per heavy atom. The highest BCUT2D eigenvalue weighted by molar-refractivity contribution is 7.99. The van der Waals surface area contributed by atoms with Crippen molar-refractivity contribution in [3.8, 4) is 0 Å². The van der Waals surface area contributed by atoms with Crippen molar-refractivity contribution in [2.24, 2.45) is 0 Å². The molecule has 23 heavy (non-hydrogen) atoms. The number of fused-ring (bicyclic) bond motifs is 1. The molecule has 1 aliphatic carbocycles. The maximum atomic E-state index is 12.4. The summed E-state index contributed by atoms with van der Waals surface area (Å²) in [6.07, 6.45) is 2.05. The van der Waals surface area contributed by atoms with E-state index in [9.17, 15) is 9.59 Å². The SMILES string of the molecule is Cc1c(Sc2ccc(Cl)cc2)c2c(n1CC(=O)O)CCCC2=O. The van der Waals surface area contributed by atoms with Crippen LogP contribution in [0.2, 0.25) is 5.02 Å². The molecule has 1 heterocycles. The Kier molecular flexibility index (Phi) is 4.50. The molecule has 2 aromatic rings. The van der Waals surface area contributed by atoms with Crippen LogP contribution in [0.25, 0.3) is 0 Å². The molecule has 0 aliphatic heterocycles. The van der Waals surface area contributed by atoms with Crippen molar-refractivity contribution in [1.29, 1.82) is 0 Å². The van der Waals surface area contributed by atoms with E-state index >= 15 is 0 Å². The Morgan fingerprint density at radius 3 is 2.65 bits per heavy atom. The van der Waals surface area contributed by atoms with Crippen molar-refractivity contribution in [3.63, 3.8) is 0 Å². The summed E-state index contributed by atoms with van der Waals surface area (Å²) in [5, 5.41) is 9.82. The maximum absolute atomic E-state index is 12.4. The van der Waals surface area contributed by atoms with Crippen LogP contribution in [-0.2, 0) is 17.8 Å². The highest BCUT2D eigenvalue weighted by Crippen LogP contribution is 2.40. The van der Waals surface area contributed by atoms with E-state index in [0.717, 1.165) is 34.0 Å². The fourth-order valence-electron chi connectivity index (χ4n) is 2.96. The zero-order valence-corrected chi connectivity index (χ0v) is 14.2. The minimum Gasteiger partial charge on any atom is -0.480 e. The molecule has 1 aliphatic rings. The first-order valence-corrected chi connectivity index (χ1v) is 8.57. The molecule has 6 heteroatoms. The van der Waals surface area contributed by atoms with Gasteiger partial charge in [-0.25, -0.2) is 0 Å². The largest absolute Gasteiger partial charge is 0.480 e. The van der Waals surface area contributed by atoms with E-state index in [1.54, 1.807) is 4.57 Å². The Morgan fingerprint density at radius 2 is 2.00 bits per heavy atom. The number of nitrogens with zero attached hydrogens (tertiary/aromatic N) is 1. The number of Topliss-reactive ketones (excluding diaryl/α,β-unsaturated/α-hetero) is 1. The van der Waals surface area contributed by atoms with Gasteiger partial charge >= 0.3 is 5.97 Å². The summed E-state index contributed by atoms with van der Waals surface area (Å²) < 4.78 is 1.77. The molecule has 1 aromatic carbocycles. The number of carbonyl (C=O) groups is 2. The predicted octanol–water partition coefficient (Wildman–Crippen LogP) is 4.20. The third-order valence-electron chi connectivity index (χ3n) is 4.00. The fourth-order valence-corrected chi connectivity index (χ4v) is 4.18. The number of carbonyl (C=O) groups excluding carboxylic acids is 1. The summed E-state index contributed by atoms with van der Waals surface area (Å²) in [6.45, 7) is 1.77. The molecule has 1 N–H and O–H groups in total. The Labute approximate surface area is 143 Å². The van der Waals surface area contributed by atoms with E-state index in [4.69, 9.17) is 16.7 Å². The van der Waals surface area contributed by atoms with Crippen molar-refractivity contribution >= 4 is 35.1 Å². The molecule has 0 bridgehead atoms. The smallest absolute Gasteiger partial charge is 0.323 e. The second kappa shape index (κ2) is 6.42. The van der Waals surface area contributed by atoms with Crippen LogP contribution in [0.3, 0.4) is 0 Å². The first-order valence-electron chi connectivity index (χ1n) is 7.37. The van der Waals surface area contributed by atoms with Gasteiger partial charge in [-0.1, -0.05) is 23.4 Å². The van der Waals surface area contributed by atoms with Crippen LogP contribution in [-0.4, -0.2) is 21.4 Å². The average molecular weight is 350 g/mol. The van der Waals surface area contributed by atoms with Gasteiger partial charge in [0.05, 0.1) is 5.56 Å². The molecule has 0 spiro atoms. The Hall–Kier alpha value is -1.72. The van der Waals surface area contributed by atoms with Crippen molar-refractivity contribution in [1.82, 2.24) is 4.57 Å². The normalized spacial score (nSPS) is 13.9. The molecule has 1 aromatic heterocycles. The van der Waals surface area contributed by atoms with Gasteiger partial charge in [0.15, 0.2) is 5.78 Å². The van der Waals surface area contributed by atoms with Crippen molar-refractivity contribution in [2.45, 2.75) is 42.5 Å². The van der Waals surface area contributed by atoms with E-state index in [-0.39, 0.29) is 12.3 Å². The molecule has 4 nitrogen and oxygen atoms in total. The lowest BCUT2D eigenvalue weighted by atomic mass is 9.96. The van der Waals surface area contributed by atoms with E-state index < -0.39 is 5.97 Å². The zero-order chi connectivity index (χ0) is 16.6. The van der Waals surface area contributed by atoms with E-state index in [2.05, 4.69) is 0 Å². The predicted molar refractivity (Wildman–Crippen MR) is 89.6 cm³/mol. The summed E-state index contributed by atoms with van der Waals surface area (Å²) in [5.41, 5.74) is 2.40. The highest BCUT2D eigenvalue weighted by Gasteiger charge is 2.29. The quantitative estimate of drug-likeness (QED) is 0.898.